The Morgan fingerprint density at radius 2 is 2.14 bits per heavy atom. The molecule has 1 heterocycles. The third-order valence-corrected chi connectivity index (χ3v) is 3.72. The highest BCUT2D eigenvalue weighted by atomic mass is 32.1. The molecule has 0 radical (unpaired) electrons. The number of hydrogen-bond donors (Lipinski definition) is 2. The number of rotatable bonds is 4. The van der Waals surface area contributed by atoms with Crippen molar-refractivity contribution in [3.05, 3.63) is 39.1 Å². The molecule has 0 atom stereocenters. The zero-order valence-corrected chi connectivity index (χ0v) is 12.3. The van der Waals surface area contributed by atoms with E-state index in [2.05, 4.69) is 10.1 Å². The van der Waals surface area contributed by atoms with Gasteiger partial charge in [0.1, 0.15) is 23.7 Å². The molecule has 6 nitrogen and oxygen atoms in total. The number of esters is 1. The summed E-state index contributed by atoms with van der Waals surface area (Å²) in [4.78, 5) is 35.1. The molecule has 1 amide bonds. The molecule has 2 rings (SSSR count). The van der Waals surface area contributed by atoms with E-state index >= 15 is 0 Å². The average molecular weight is 325 g/mol. The Hall–Kier alpha value is -2.48. The summed E-state index contributed by atoms with van der Waals surface area (Å²) in [5, 5.41) is 12.5. The molecule has 1 aromatic heterocycles. The number of fused-ring (bicyclic) bond motifs is 1. The number of hydrogen-bond acceptors (Lipinski definition) is 6. The number of benzene rings is 1. The molecule has 0 saturated heterocycles. The molecule has 1 aromatic carbocycles. The van der Waals surface area contributed by atoms with Gasteiger partial charge in [-0.05, 0) is 25.1 Å². The van der Waals surface area contributed by atoms with Crippen LogP contribution in [-0.4, -0.2) is 30.1 Å². The third kappa shape index (κ3) is 3.22. The first kappa shape index (κ1) is 15.9. The maximum absolute atomic E-state index is 13.1. The Kier molecular flexibility index (Phi) is 4.71. The van der Waals surface area contributed by atoms with Crippen LogP contribution in [0.4, 0.5) is 4.39 Å². The van der Waals surface area contributed by atoms with Crippen molar-refractivity contribution in [1.29, 1.82) is 0 Å². The zero-order valence-electron chi connectivity index (χ0n) is 11.5. The van der Waals surface area contributed by atoms with Crippen LogP contribution in [0.15, 0.2) is 23.0 Å². The van der Waals surface area contributed by atoms with Gasteiger partial charge in [0.05, 0.1) is 6.61 Å². The van der Waals surface area contributed by atoms with Crippen molar-refractivity contribution >= 4 is 33.3 Å². The SMILES string of the molecule is CCOC(=O)CNC(=O)c1c(O)c2ccc(F)cc2sc1=O. The largest absolute Gasteiger partial charge is 0.506 e. The van der Waals surface area contributed by atoms with Gasteiger partial charge in [0.25, 0.3) is 5.91 Å². The second-order valence-electron chi connectivity index (χ2n) is 4.24. The molecular formula is C14H12FNO5S. The number of carbonyl (C=O) groups is 2. The molecule has 0 saturated carbocycles. The molecule has 0 aliphatic rings. The lowest BCUT2D eigenvalue weighted by atomic mass is 10.1. The van der Waals surface area contributed by atoms with E-state index in [0.717, 1.165) is 12.1 Å². The van der Waals surface area contributed by atoms with Gasteiger partial charge in [0.15, 0.2) is 0 Å². The molecule has 22 heavy (non-hydrogen) atoms. The number of carbonyl (C=O) groups excluding carboxylic acids is 2. The lowest BCUT2D eigenvalue weighted by Crippen LogP contribution is -2.33. The van der Waals surface area contributed by atoms with E-state index in [4.69, 9.17) is 0 Å². The van der Waals surface area contributed by atoms with Gasteiger partial charge in [-0.2, -0.15) is 0 Å². The topological polar surface area (TPSA) is 92.7 Å². The summed E-state index contributed by atoms with van der Waals surface area (Å²) < 4.78 is 17.3. The van der Waals surface area contributed by atoms with Crippen molar-refractivity contribution < 1.29 is 23.8 Å². The third-order valence-electron chi connectivity index (χ3n) is 2.77. The highest BCUT2D eigenvalue weighted by Crippen LogP contribution is 2.29. The summed E-state index contributed by atoms with van der Waals surface area (Å²) in [6.45, 7) is 1.36. The lowest BCUT2D eigenvalue weighted by molar-refractivity contribution is -0.141. The Morgan fingerprint density at radius 1 is 1.41 bits per heavy atom. The molecule has 0 aliphatic heterocycles. The smallest absolute Gasteiger partial charge is 0.325 e. The molecule has 0 fully saturated rings. The number of nitrogens with one attached hydrogen (secondary N) is 1. The Morgan fingerprint density at radius 3 is 2.82 bits per heavy atom. The maximum atomic E-state index is 13.1. The van der Waals surface area contributed by atoms with Crippen LogP contribution in [0.5, 0.6) is 5.75 Å². The summed E-state index contributed by atoms with van der Waals surface area (Å²) >= 11 is 0.637. The molecule has 0 unspecified atom stereocenters. The molecule has 8 heteroatoms. The fraction of sp³-hybridized carbons (Fsp3) is 0.214. The van der Waals surface area contributed by atoms with E-state index < -0.39 is 40.3 Å². The fourth-order valence-corrected chi connectivity index (χ4v) is 2.75. The Bertz CT molecular complexity index is 802. The van der Waals surface area contributed by atoms with Gasteiger partial charge in [0.2, 0.25) is 4.74 Å². The van der Waals surface area contributed by atoms with Gasteiger partial charge in [-0.15, -0.1) is 0 Å². The van der Waals surface area contributed by atoms with E-state index in [0.29, 0.717) is 11.3 Å². The fourth-order valence-electron chi connectivity index (χ4n) is 1.81. The molecular weight excluding hydrogens is 313 g/mol. The van der Waals surface area contributed by atoms with Gasteiger partial charge in [-0.1, -0.05) is 11.3 Å². The van der Waals surface area contributed by atoms with Crippen LogP contribution < -0.4 is 10.1 Å². The van der Waals surface area contributed by atoms with Crippen molar-refractivity contribution in [3.63, 3.8) is 0 Å². The predicted octanol–water partition coefficient (Wildman–Crippen LogP) is 1.40. The van der Waals surface area contributed by atoms with Crippen LogP contribution in [0.25, 0.3) is 10.1 Å². The first-order chi connectivity index (χ1) is 10.4. The van der Waals surface area contributed by atoms with Crippen LogP contribution in [0.3, 0.4) is 0 Å². The van der Waals surface area contributed by atoms with Gasteiger partial charge in [0, 0.05) is 10.1 Å². The average Bonchev–Trinajstić information content (AvgIpc) is 2.45. The van der Waals surface area contributed by atoms with Gasteiger partial charge in [-0.3, -0.25) is 14.4 Å². The quantitative estimate of drug-likeness (QED) is 0.829. The van der Waals surface area contributed by atoms with Crippen molar-refractivity contribution in [2.24, 2.45) is 0 Å². The summed E-state index contributed by atoms with van der Waals surface area (Å²) in [6, 6.07) is 3.49. The van der Waals surface area contributed by atoms with Crippen molar-refractivity contribution in [2.45, 2.75) is 6.92 Å². The van der Waals surface area contributed by atoms with Gasteiger partial charge < -0.3 is 15.2 Å². The highest BCUT2D eigenvalue weighted by molar-refractivity contribution is 7.16. The summed E-state index contributed by atoms with van der Waals surface area (Å²) in [5.74, 6) is -2.64. The van der Waals surface area contributed by atoms with E-state index in [9.17, 15) is 23.9 Å². The minimum absolute atomic E-state index is 0.163. The lowest BCUT2D eigenvalue weighted by Gasteiger charge is -2.07. The number of halogens is 1. The van der Waals surface area contributed by atoms with Gasteiger partial charge >= 0.3 is 5.97 Å². The first-order valence-electron chi connectivity index (χ1n) is 6.33. The number of ether oxygens (including phenoxy) is 1. The standard InChI is InChI=1S/C14H12FNO5S/c1-2-21-10(17)6-16-13(19)11-12(18)8-4-3-7(15)5-9(8)22-14(11)20/h3-5,18H,2,6H2,1H3,(H,16,19). The molecule has 0 bridgehead atoms. The summed E-state index contributed by atoms with van der Waals surface area (Å²) in [7, 11) is 0. The van der Waals surface area contributed by atoms with E-state index in [1.54, 1.807) is 6.92 Å². The molecule has 2 N–H and O–H groups in total. The number of aromatic hydroxyl groups is 1. The van der Waals surface area contributed by atoms with Crippen molar-refractivity contribution in [1.82, 2.24) is 5.32 Å². The van der Waals surface area contributed by atoms with E-state index in [1.807, 2.05) is 0 Å². The number of amides is 1. The predicted molar refractivity (Wildman–Crippen MR) is 78.7 cm³/mol. The monoisotopic (exact) mass is 325 g/mol. The van der Waals surface area contributed by atoms with Crippen LogP contribution >= 0.6 is 11.3 Å². The van der Waals surface area contributed by atoms with Crippen LogP contribution in [0, 0.1) is 5.82 Å². The minimum Gasteiger partial charge on any atom is -0.506 e. The van der Waals surface area contributed by atoms with Crippen LogP contribution in [0.2, 0.25) is 0 Å². The van der Waals surface area contributed by atoms with Gasteiger partial charge in [-0.25, -0.2) is 4.39 Å². The second kappa shape index (κ2) is 6.52. The van der Waals surface area contributed by atoms with Crippen molar-refractivity contribution in [3.8, 4) is 5.75 Å². The Balaban J connectivity index is 2.35. The molecule has 0 aliphatic carbocycles. The Labute approximate surface area is 128 Å². The summed E-state index contributed by atoms with van der Waals surface area (Å²) in [5.41, 5.74) is -0.478. The molecule has 0 spiro atoms. The normalized spacial score (nSPS) is 10.5. The molecule has 116 valence electrons. The minimum atomic E-state index is -0.891. The van der Waals surface area contributed by atoms with E-state index in [-0.39, 0.29) is 16.7 Å². The second-order valence-corrected chi connectivity index (χ2v) is 5.26. The summed E-state index contributed by atoms with van der Waals surface area (Å²) in [6.07, 6.45) is 0. The van der Waals surface area contributed by atoms with Crippen LogP contribution in [0.1, 0.15) is 17.3 Å². The molecule has 2 aromatic rings. The first-order valence-corrected chi connectivity index (χ1v) is 7.14. The van der Waals surface area contributed by atoms with E-state index in [1.165, 1.54) is 6.07 Å². The van der Waals surface area contributed by atoms with Crippen LogP contribution in [-0.2, 0) is 9.53 Å². The highest BCUT2D eigenvalue weighted by Gasteiger charge is 2.20. The maximum Gasteiger partial charge on any atom is 0.325 e. The zero-order chi connectivity index (χ0) is 16.3. The van der Waals surface area contributed by atoms with Crippen molar-refractivity contribution in [2.75, 3.05) is 13.2 Å².